The maximum absolute atomic E-state index is 12.5. The van der Waals surface area contributed by atoms with Crippen LogP contribution in [0.15, 0.2) is 18.2 Å². The lowest BCUT2D eigenvalue weighted by atomic mass is 9.95. The molecule has 1 N–H and O–H groups in total. The molecule has 0 aliphatic heterocycles. The highest BCUT2D eigenvalue weighted by molar-refractivity contribution is 7.17. The first-order chi connectivity index (χ1) is 14.4. The summed E-state index contributed by atoms with van der Waals surface area (Å²) in [5.41, 5.74) is 4.14. The van der Waals surface area contributed by atoms with E-state index in [4.69, 9.17) is 9.47 Å². The molecule has 6 heteroatoms. The van der Waals surface area contributed by atoms with Crippen molar-refractivity contribution in [1.29, 1.82) is 0 Å². The van der Waals surface area contributed by atoms with Crippen molar-refractivity contribution in [2.75, 3.05) is 19.0 Å². The van der Waals surface area contributed by atoms with Crippen LogP contribution >= 0.6 is 11.3 Å². The number of nitrogens with one attached hydrogen (secondary N) is 1. The van der Waals surface area contributed by atoms with Crippen LogP contribution in [0.25, 0.3) is 0 Å². The number of methoxy groups -OCH3 is 1. The number of esters is 1. The Labute approximate surface area is 182 Å². The Hall–Kier alpha value is -2.34. The molecule has 162 valence electrons. The lowest BCUT2D eigenvalue weighted by Crippen LogP contribution is -2.15. The summed E-state index contributed by atoms with van der Waals surface area (Å²) in [6.45, 7) is 6.92. The average molecular weight is 430 g/mol. The minimum absolute atomic E-state index is 0.103. The first-order valence-electron chi connectivity index (χ1n) is 10.7. The highest BCUT2D eigenvalue weighted by atomic mass is 32.1. The molecule has 0 bridgehead atoms. The van der Waals surface area contributed by atoms with Crippen LogP contribution in [0.2, 0.25) is 0 Å². The molecule has 1 aliphatic rings. The standard InChI is InChI=1S/C24H31NO4S/c1-15(2)18-12-11-17(14-16(18)3)29-13-7-10-21(26)25-23-22(24(27)28-4)19-8-5-6-9-20(19)30-23/h11-12,14-15H,5-10,13H2,1-4H3,(H,25,26). The summed E-state index contributed by atoms with van der Waals surface area (Å²) in [6.07, 6.45) is 4.96. The van der Waals surface area contributed by atoms with Gasteiger partial charge in [-0.05, 0) is 73.8 Å². The van der Waals surface area contributed by atoms with E-state index < -0.39 is 0 Å². The Morgan fingerprint density at radius 2 is 1.97 bits per heavy atom. The van der Waals surface area contributed by atoms with Gasteiger partial charge in [0.05, 0.1) is 19.3 Å². The van der Waals surface area contributed by atoms with Crippen molar-refractivity contribution < 1.29 is 19.1 Å². The molecule has 3 rings (SSSR count). The van der Waals surface area contributed by atoms with Gasteiger partial charge in [-0.2, -0.15) is 0 Å². The summed E-state index contributed by atoms with van der Waals surface area (Å²) in [4.78, 5) is 25.9. The summed E-state index contributed by atoms with van der Waals surface area (Å²) >= 11 is 1.51. The fourth-order valence-corrected chi connectivity index (χ4v) is 5.26. The molecule has 1 amide bonds. The van der Waals surface area contributed by atoms with E-state index >= 15 is 0 Å². The Kier molecular flexibility index (Phi) is 7.53. The highest BCUT2D eigenvalue weighted by Gasteiger charge is 2.26. The monoisotopic (exact) mass is 429 g/mol. The largest absolute Gasteiger partial charge is 0.494 e. The van der Waals surface area contributed by atoms with Crippen molar-refractivity contribution in [3.8, 4) is 5.75 Å². The lowest BCUT2D eigenvalue weighted by Gasteiger charge is -2.12. The summed E-state index contributed by atoms with van der Waals surface area (Å²) in [7, 11) is 1.38. The molecule has 0 atom stereocenters. The number of amides is 1. The van der Waals surface area contributed by atoms with Crippen LogP contribution in [0.3, 0.4) is 0 Å². The minimum Gasteiger partial charge on any atom is -0.494 e. The van der Waals surface area contributed by atoms with Gasteiger partial charge in [-0.25, -0.2) is 4.79 Å². The summed E-state index contributed by atoms with van der Waals surface area (Å²) < 4.78 is 10.8. The molecule has 30 heavy (non-hydrogen) atoms. The number of hydrogen-bond acceptors (Lipinski definition) is 5. The van der Waals surface area contributed by atoms with E-state index in [1.807, 2.05) is 12.1 Å². The van der Waals surface area contributed by atoms with E-state index in [9.17, 15) is 9.59 Å². The third-order valence-electron chi connectivity index (χ3n) is 5.49. The van der Waals surface area contributed by atoms with E-state index in [1.165, 1.54) is 34.5 Å². The average Bonchev–Trinajstić information content (AvgIpc) is 3.08. The number of hydrogen-bond donors (Lipinski definition) is 1. The van der Waals surface area contributed by atoms with Gasteiger partial charge in [0, 0.05) is 11.3 Å². The van der Waals surface area contributed by atoms with Crippen molar-refractivity contribution in [2.45, 2.75) is 65.2 Å². The number of fused-ring (bicyclic) bond motifs is 1. The van der Waals surface area contributed by atoms with Crippen LogP contribution in [0.4, 0.5) is 5.00 Å². The highest BCUT2D eigenvalue weighted by Crippen LogP contribution is 2.38. The summed E-state index contributed by atoms with van der Waals surface area (Å²) in [5, 5.41) is 3.56. The number of ether oxygens (including phenoxy) is 2. The van der Waals surface area contributed by atoms with Crippen LogP contribution < -0.4 is 10.1 Å². The number of anilines is 1. The van der Waals surface area contributed by atoms with E-state index in [1.54, 1.807) is 0 Å². The third kappa shape index (κ3) is 5.22. The SMILES string of the molecule is COC(=O)c1c(NC(=O)CCCOc2ccc(C(C)C)c(C)c2)sc2c1CCCC2. The van der Waals surface area contributed by atoms with E-state index in [2.05, 4.69) is 32.2 Å². The number of thiophene rings is 1. The summed E-state index contributed by atoms with van der Waals surface area (Å²) in [6, 6.07) is 6.14. The second kappa shape index (κ2) is 10.1. The molecule has 5 nitrogen and oxygen atoms in total. The molecule has 0 fully saturated rings. The second-order valence-corrected chi connectivity index (χ2v) is 9.19. The first-order valence-corrected chi connectivity index (χ1v) is 11.5. The zero-order valence-electron chi connectivity index (χ0n) is 18.3. The molecule has 0 saturated heterocycles. The second-order valence-electron chi connectivity index (χ2n) is 8.08. The number of carbonyl (C=O) groups excluding carboxylic acids is 2. The predicted molar refractivity (Wildman–Crippen MR) is 121 cm³/mol. The molecule has 0 unspecified atom stereocenters. The van der Waals surface area contributed by atoms with Crippen LogP contribution in [-0.2, 0) is 22.4 Å². The van der Waals surface area contributed by atoms with Crippen molar-refractivity contribution in [1.82, 2.24) is 0 Å². The molecule has 1 heterocycles. The van der Waals surface area contributed by atoms with Gasteiger partial charge >= 0.3 is 5.97 Å². The molecule has 0 saturated carbocycles. The number of aryl methyl sites for hydroxylation is 2. The van der Waals surface area contributed by atoms with Gasteiger partial charge in [0.2, 0.25) is 5.91 Å². The van der Waals surface area contributed by atoms with E-state index in [0.29, 0.717) is 35.9 Å². The Morgan fingerprint density at radius 1 is 1.20 bits per heavy atom. The molecule has 1 aromatic carbocycles. The van der Waals surface area contributed by atoms with Crippen LogP contribution in [0.1, 0.15) is 77.4 Å². The number of carbonyl (C=O) groups is 2. The fourth-order valence-electron chi connectivity index (χ4n) is 3.97. The third-order valence-corrected chi connectivity index (χ3v) is 6.70. The summed E-state index contributed by atoms with van der Waals surface area (Å²) in [5.74, 6) is 0.846. The zero-order valence-corrected chi connectivity index (χ0v) is 19.1. The molecule has 0 radical (unpaired) electrons. The molecular weight excluding hydrogens is 398 g/mol. The van der Waals surface area contributed by atoms with Gasteiger partial charge in [0.1, 0.15) is 10.8 Å². The van der Waals surface area contributed by atoms with Gasteiger partial charge < -0.3 is 14.8 Å². The quantitative estimate of drug-likeness (QED) is 0.435. The minimum atomic E-state index is -0.367. The van der Waals surface area contributed by atoms with Crippen LogP contribution in [0, 0.1) is 6.92 Å². The van der Waals surface area contributed by atoms with Crippen molar-refractivity contribution >= 4 is 28.2 Å². The van der Waals surface area contributed by atoms with Gasteiger partial charge in [-0.3, -0.25) is 4.79 Å². The number of benzene rings is 1. The maximum atomic E-state index is 12.5. The Morgan fingerprint density at radius 3 is 2.67 bits per heavy atom. The van der Waals surface area contributed by atoms with Crippen LogP contribution in [0.5, 0.6) is 5.75 Å². The van der Waals surface area contributed by atoms with Gasteiger partial charge in [-0.1, -0.05) is 19.9 Å². The van der Waals surface area contributed by atoms with Gasteiger partial charge in [0.15, 0.2) is 0 Å². The Balaban J connectivity index is 1.53. The topological polar surface area (TPSA) is 64.6 Å². The first kappa shape index (κ1) is 22.3. The normalized spacial score (nSPS) is 13.1. The molecule has 1 aromatic heterocycles. The van der Waals surface area contributed by atoms with E-state index in [0.717, 1.165) is 37.0 Å². The smallest absolute Gasteiger partial charge is 0.341 e. The maximum Gasteiger partial charge on any atom is 0.341 e. The lowest BCUT2D eigenvalue weighted by molar-refractivity contribution is -0.116. The Bertz CT molecular complexity index is 916. The van der Waals surface area contributed by atoms with E-state index in [-0.39, 0.29) is 11.9 Å². The molecule has 0 spiro atoms. The fraction of sp³-hybridized carbons (Fsp3) is 0.500. The van der Waals surface area contributed by atoms with Crippen molar-refractivity contribution in [3.63, 3.8) is 0 Å². The van der Waals surface area contributed by atoms with Crippen molar-refractivity contribution in [2.24, 2.45) is 0 Å². The predicted octanol–water partition coefficient (Wildman–Crippen LogP) is 5.64. The zero-order chi connectivity index (χ0) is 21.7. The molecular formula is C24H31NO4S. The van der Waals surface area contributed by atoms with Gasteiger partial charge in [0.25, 0.3) is 0 Å². The molecule has 2 aromatic rings. The van der Waals surface area contributed by atoms with Crippen molar-refractivity contribution in [3.05, 3.63) is 45.3 Å². The number of rotatable bonds is 8. The van der Waals surface area contributed by atoms with Gasteiger partial charge in [-0.15, -0.1) is 11.3 Å². The van der Waals surface area contributed by atoms with Crippen LogP contribution in [-0.4, -0.2) is 25.6 Å². The molecule has 1 aliphatic carbocycles.